The Hall–Kier alpha value is -0.120. The first-order valence-corrected chi connectivity index (χ1v) is 4.08. The molecule has 0 radical (unpaired) electrons. The first-order valence-electron chi connectivity index (χ1n) is 4.08. The molecule has 0 aliphatic rings. The average molecular weight is 159 g/mol. The van der Waals surface area contributed by atoms with Crippen LogP contribution >= 0.6 is 0 Å². The van der Waals surface area contributed by atoms with Crippen molar-refractivity contribution in [2.75, 3.05) is 20.3 Å². The van der Waals surface area contributed by atoms with Crippen molar-refractivity contribution in [3.63, 3.8) is 0 Å². The fourth-order valence-corrected chi connectivity index (χ4v) is 0.761. The first-order chi connectivity index (χ1) is 4.95. The molecule has 0 saturated carbocycles. The van der Waals surface area contributed by atoms with Gasteiger partial charge in [0.1, 0.15) is 0 Å². The Labute approximate surface area is 69.9 Å². The van der Waals surface area contributed by atoms with E-state index in [1.165, 1.54) is 6.42 Å². The van der Waals surface area contributed by atoms with Crippen LogP contribution in [-0.2, 0) is 0 Å². The monoisotopic (exact) mass is 159 g/mol. The molecule has 0 aliphatic carbocycles. The Balaban J connectivity index is 3.38. The maximum absolute atomic E-state index is 5.18. The number of rotatable bonds is 4. The minimum Gasteiger partial charge on any atom is -0.293 e. The summed E-state index contributed by atoms with van der Waals surface area (Å²) >= 11 is 0. The molecule has 3 heteroatoms. The van der Waals surface area contributed by atoms with Gasteiger partial charge in [-0.1, -0.05) is 20.8 Å². The predicted octanol–water partition coefficient (Wildman–Crippen LogP) is 0.775. The number of nitrogens with two attached hydrogens (primary N) is 1. The quantitative estimate of drug-likeness (QED) is 0.362. The standard InChI is InChI=1S/C8H21N3/c1-8(2,3)5-6-11(4)7-10-9/h10H,5-7,9H2,1-4H3. The highest BCUT2D eigenvalue weighted by Crippen LogP contribution is 2.17. The minimum absolute atomic E-state index is 0.420. The van der Waals surface area contributed by atoms with Gasteiger partial charge in [-0.3, -0.25) is 10.7 Å². The van der Waals surface area contributed by atoms with Crippen molar-refractivity contribution in [3.8, 4) is 0 Å². The fourth-order valence-electron chi connectivity index (χ4n) is 0.761. The summed E-state index contributed by atoms with van der Waals surface area (Å²) < 4.78 is 0. The molecule has 0 fully saturated rings. The molecule has 0 unspecified atom stereocenters. The van der Waals surface area contributed by atoms with Gasteiger partial charge in [0.25, 0.3) is 0 Å². The lowest BCUT2D eigenvalue weighted by Gasteiger charge is -2.22. The van der Waals surface area contributed by atoms with Crippen LogP contribution in [0.4, 0.5) is 0 Å². The Kier molecular flexibility index (Phi) is 4.65. The van der Waals surface area contributed by atoms with E-state index in [2.05, 4.69) is 38.1 Å². The van der Waals surface area contributed by atoms with Gasteiger partial charge in [-0.15, -0.1) is 0 Å². The molecule has 0 aromatic rings. The summed E-state index contributed by atoms with van der Waals surface area (Å²) in [5, 5.41) is 0. The molecule has 0 bridgehead atoms. The van der Waals surface area contributed by atoms with Crippen LogP contribution in [0.15, 0.2) is 0 Å². The van der Waals surface area contributed by atoms with E-state index in [-0.39, 0.29) is 0 Å². The zero-order valence-corrected chi connectivity index (χ0v) is 8.15. The van der Waals surface area contributed by atoms with Crippen molar-refractivity contribution in [1.29, 1.82) is 0 Å². The smallest absolute Gasteiger partial charge is 0.0610 e. The van der Waals surface area contributed by atoms with E-state index in [4.69, 9.17) is 5.84 Å². The lowest BCUT2D eigenvalue weighted by Crippen LogP contribution is -2.36. The average Bonchev–Trinajstić information content (AvgIpc) is 1.83. The highest BCUT2D eigenvalue weighted by Gasteiger charge is 2.10. The SMILES string of the molecule is CN(CCC(C)(C)C)CNN. The molecule has 0 aromatic heterocycles. The maximum atomic E-state index is 5.18. The lowest BCUT2D eigenvalue weighted by atomic mass is 9.92. The van der Waals surface area contributed by atoms with Crippen molar-refractivity contribution < 1.29 is 0 Å². The number of hydrogen-bond acceptors (Lipinski definition) is 3. The van der Waals surface area contributed by atoms with Crippen molar-refractivity contribution in [2.24, 2.45) is 11.3 Å². The summed E-state index contributed by atoms with van der Waals surface area (Å²) in [6.45, 7) is 8.59. The highest BCUT2D eigenvalue weighted by atomic mass is 15.3. The Morgan fingerprint density at radius 3 is 2.27 bits per heavy atom. The van der Waals surface area contributed by atoms with Gasteiger partial charge in [0.05, 0.1) is 6.67 Å². The van der Waals surface area contributed by atoms with E-state index in [0.29, 0.717) is 5.41 Å². The zero-order chi connectivity index (χ0) is 8.91. The molecule has 3 N–H and O–H groups in total. The van der Waals surface area contributed by atoms with Gasteiger partial charge in [-0.2, -0.15) is 0 Å². The topological polar surface area (TPSA) is 41.3 Å². The molecule has 0 saturated heterocycles. The molecule has 68 valence electrons. The highest BCUT2D eigenvalue weighted by molar-refractivity contribution is 4.63. The van der Waals surface area contributed by atoms with Gasteiger partial charge in [0.2, 0.25) is 0 Å². The number of hydrazine groups is 1. The van der Waals surface area contributed by atoms with Crippen molar-refractivity contribution in [3.05, 3.63) is 0 Å². The third kappa shape index (κ3) is 7.78. The van der Waals surface area contributed by atoms with Crippen LogP contribution in [-0.4, -0.2) is 25.2 Å². The Bertz CT molecular complexity index is 96.0. The molecule has 0 spiro atoms. The molecule has 0 aliphatic heterocycles. The maximum Gasteiger partial charge on any atom is 0.0610 e. The van der Waals surface area contributed by atoms with E-state index in [9.17, 15) is 0 Å². The van der Waals surface area contributed by atoms with Crippen LogP contribution in [0.3, 0.4) is 0 Å². The van der Waals surface area contributed by atoms with Crippen LogP contribution < -0.4 is 11.3 Å². The number of nitrogens with zero attached hydrogens (tertiary/aromatic N) is 1. The van der Waals surface area contributed by atoms with Gasteiger partial charge in [-0.05, 0) is 25.4 Å². The van der Waals surface area contributed by atoms with E-state index < -0.39 is 0 Å². The summed E-state index contributed by atoms with van der Waals surface area (Å²) in [4.78, 5) is 2.17. The largest absolute Gasteiger partial charge is 0.293 e. The van der Waals surface area contributed by atoms with Gasteiger partial charge in [0, 0.05) is 0 Å². The molecule has 11 heavy (non-hydrogen) atoms. The number of nitrogens with one attached hydrogen (secondary N) is 1. The number of hydrogen-bond donors (Lipinski definition) is 2. The summed E-state index contributed by atoms with van der Waals surface area (Å²) in [6.07, 6.45) is 1.20. The van der Waals surface area contributed by atoms with E-state index in [0.717, 1.165) is 13.2 Å². The third-order valence-corrected chi connectivity index (χ3v) is 1.60. The minimum atomic E-state index is 0.420. The van der Waals surface area contributed by atoms with E-state index >= 15 is 0 Å². The third-order valence-electron chi connectivity index (χ3n) is 1.60. The molecule has 0 atom stereocenters. The van der Waals surface area contributed by atoms with Gasteiger partial charge in [0.15, 0.2) is 0 Å². The van der Waals surface area contributed by atoms with Gasteiger partial charge < -0.3 is 0 Å². The van der Waals surface area contributed by atoms with Crippen LogP contribution in [0.25, 0.3) is 0 Å². The van der Waals surface area contributed by atoms with E-state index in [1.54, 1.807) is 0 Å². The second kappa shape index (κ2) is 4.70. The molecular weight excluding hydrogens is 138 g/mol. The normalized spacial score (nSPS) is 12.5. The van der Waals surface area contributed by atoms with Crippen molar-refractivity contribution >= 4 is 0 Å². The lowest BCUT2D eigenvalue weighted by molar-refractivity contribution is 0.251. The zero-order valence-electron chi connectivity index (χ0n) is 8.15. The molecule has 0 aromatic carbocycles. The van der Waals surface area contributed by atoms with E-state index in [1.807, 2.05) is 0 Å². The molecule has 0 rings (SSSR count). The summed E-state index contributed by atoms with van der Waals surface area (Å²) in [7, 11) is 2.06. The van der Waals surface area contributed by atoms with Crippen LogP contribution in [0.5, 0.6) is 0 Å². The Morgan fingerprint density at radius 2 is 1.91 bits per heavy atom. The van der Waals surface area contributed by atoms with Crippen molar-refractivity contribution in [1.82, 2.24) is 10.3 Å². The van der Waals surface area contributed by atoms with Crippen molar-refractivity contribution in [2.45, 2.75) is 27.2 Å². The second-order valence-corrected chi connectivity index (χ2v) is 4.25. The predicted molar refractivity (Wildman–Crippen MR) is 48.9 cm³/mol. The summed E-state index contributed by atoms with van der Waals surface area (Å²) in [5.41, 5.74) is 3.05. The van der Waals surface area contributed by atoms with Crippen LogP contribution in [0.1, 0.15) is 27.2 Å². The summed E-state index contributed by atoms with van der Waals surface area (Å²) in [6, 6.07) is 0. The van der Waals surface area contributed by atoms with Gasteiger partial charge in [-0.25, -0.2) is 5.43 Å². The Morgan fingerprint density at radius 1 is 1.36 bits per heavy atom. The molecule has 3 nitrogen and oxygen atoms in total. The molecular formula is C8H21N3. The molecule has 0 heterocycles. The first kappa shape index (κ1) is 10.9. The fraction of sp³-hybridized carbons (Fsp3) is 1.00. The van der Waals surface area contributed by atoms with Crippen LogP contribution in [0.2, 0.25) is 0 Å². The van der Waals surface area contributed by atoms with Crippen LogP contribution in [0, 0.1) is 5.41 Å². The second-order valence-electron chi connectivity index (χ2n) is 4.25. The molecule has 0 amide bonds. The summed E-state index contributed by atoms with van der Waals surface area (Å²) in [5.74, 6) is 5.18. The van der Waals surface area contributed by atoms with Gasteiger partial charge >= 0.3 is 0 Å².